The highest BCUT2D eigenvalue weighted by atomic mass is 19.1. The molecule has 34 heavy (non-hydrogen) atoms. The van der Waals surface area contributed by atoms with Gasteiger partial charge in [0, 0.05) is 43.0 Å². The van der Waals surface area contributed by atoms with Crippen LogP contribution in [-0.4, -0.2) is 36.3 Å². The van der Waals surface area contributed by atoms with E-state index in [0.29, 0.717) is 17.6 Å². The highest BCUT2D eigenvalue weighted by molar-refractivity contribution is 6.08. The first-order valence-corrected chi connectivity index (χ1v) is 10.8. The van der Waals surface area contributed by atoms with Gasteiger partial charge in [0.25, 0.3) is 5.91 Å². The van der Waals surface area contributed by atoms with Crippen LogP contribution in [-0.2, 0) is 7.05 Å². The molecule has 1 aliphatic rings. The van der Waals surface area contributed by atoms with E-state index < -0.39 is 0 Å². The van der Waals surface area contributed by atoms with Gasteiger partial charge in [0.15, 0.2) is 5.65 Å². The molecule has 1 atom stereocenters. The van der Waals surface area contributed by atoms with Gasteiger partial charge in [-0.2, -0.15) is 10.1 Å². The van der Waals surface area contributed by atoms with E-state index in [0.717, 1.165) is 27.6 Å². The van der Waals surface area contributed by atoms with Crippen LogP contribution in [0.15, 0.2) is 72.1 Å². The number of benzene rings is 2. The number of nitrogen functional groups attached to an aromatic ring is 1. The van der Waals surface area contributed by atoms with Crippen molar-refractivity contribution in [3.8, 4) is 11.1 Å². The average Bonchev–Trinajstić information content (AvgIpc) is 3.55. The first-order valence-electron chi connectivity index (χ1n) is 10.8. The molecule has 2 aromatic carbocycles. The molecule has 1 amide bonds. The molecule has 0 fully saturated rings. The summed E-state index contributed by atoms with van der Waals surface area (Å²) in [6.07, 6.45) is 5.94. The number of rotatable bonds is 3. The van der Waals surface area contributed by atoms with Gasteiger partial charge in [0.1, 0.15) is 5.82 Å². The van der Waals surface area contributed by atoms with Gasteiger partial charge in [0.2, 0.25) is 5.95 Å². The Hall–Kier alpha value is -4.53. The van der Waals surface area contributed by atoms with Crippen molar-refractivity contribution in [1.29, 1.82) is 0 Å². The maximum atomic E-state index is 13.6. The summed E-state index contributed by atoms with van der Waals surface area (Å²) in [4.78, 5) is 17.9. The Morgan fingerprint density at radius 1 is 1.09 bits per heavy atom. The molecule has 8 nitrogen and oxygen atoms in total. The minimum atomic E-state index is -0.311. The van der Waals surface area contributed by atoms with Gasteiger partial charge in [0.05, 0.1) is 11.6 Å². The molecule has 0 saturated carbocycles. The number of amides is 1. The molecule has 0 saturated heterocycles. The molecule has 3 aromatic heterocycles. The van der Waals surface area contributed by atoms with Gasteiger partial charge in [-0.1, -0.05) is 18.2 Å². The van der Waals surface area contributed by atoms with Gasteiger partial charge in [-0.3, -0.25) is 4.79 Å². The first-order chi connectivity index (χ1) is 16.5. The third-order valence-electron chi connectivity index (χ3n) is 6.20. The predicted octanol–water partition coefficient (Wildman–Crippen LogP) is 4.18. The molecule has 1 aliphatic heterocycles. The van der Waals surface area contributed by atoms with E-state index in [-0.39, 0.29) is 23.7 Å². The maximum Gasteiger partial charge on any atom is 0.276 e. The van der Waals surface area contributed by atoms with Gasteiger partial charge in [-0.25, -0.2) is 13.9 Å². The lowest BCUT2D eigenvalue weighted by Gasteiger charge is -2.22. The number of fused-ring (bicyclic) bond motifs is 2. The van der Waals surface area contributed by atoms with Gasteiger partial charge in [-0.15, -0.1) is 5.10 Å². The van der Waals surface area contributed by atoms with Crippen LogP contribution >= 0.6 is 0 Å². The fraction of sp³-hybridized carbons (Fsp3) is 0.120. The number of halogens is 1. The zero-order valence-electron chi connectivity index (χ0n) is 18.3. The Bertz CT molecular complexity index is 1600. The number of aromatic nitrogens is 4. The largest absolute Gasteiger partial charge is 0.366 e. The highest BCUT2D eigenvalue weighted by Crippen LogP contribution is 2.33. The molecular weight excluding hydrogens is 433 g/mol. The molecule has 6 rings (SSSR count). The van der Waals surface area contributed by atoms with Crippen LogP contribution in [0, 0.1) is 5.82 Å². The number of carbonyl (C=O) groups is 1. The van der Waals surface area contributed by atoms with Crippen molar-refractivity contribution in [1.82, 2.24) is 24.2 Å². The second-order valence-corrected chi connectivity index (χ2v) is 8.32. The van der Waals surface area contributed by atoms with Crippen molar-refractivity contribution >= 4 is 34.6 Å². The Kier molecular flexibility index (Phi) is 4.44. The lowest BCUT2D eigenvalue weighted by Crippen LogP contribution is -2.27. The van der Waals surface area contributed by atoms with Gasteiger partial charge >= 0.3 is 0 Å². The van der Waals surface area contributed by atoms with Crippen molar-refractivity contribution in [2.75, 3.05) is 5.73 Å². The Balaban J connectivity index is 1.40. The number of hydrazone groups is 1. The fourth-order valence-electron chi connectivity index (χ4n) is 4.52. The second-order valence-electron chi connectivity index (χ2n) is 8.32. The zero-order chi connectivity index (χ0) is 23.4. The number of carbonyl (C=O) groups excluding carboxylic acids is 1. The van der Waals surface area contributed by atoms with Crippen LogP contribution in [0.5, 0.6) is 0 Å². The number of hydrogen-bond donors (Lipinski definition) is 1. The monoisotopic (exact) mass is 453 g/mol. The van der Waals surface area contributed by atoms with Crippen molar-refractivity contribution in [3.05, 3.63) is 83.9 Å². The topological polar surface area (TPSA) is 93.8 Å². The van der Waals surface area contributed by atoms with E-state index in [1.807, 2.05) is 54.3 Å². The molecule has 9 heteroatoms. The van der Waals surface area contributed by atoms with Crippen LogP contribution in [0.25, 0.3) is 27.7 Å². The first kappa shape index (κ1) is 20.1. The van der Waals surface area contributed by atoms with Crippen LogP contribution in [0.4, 0.5) is 10.3 Å². The molecule has 0 bridgehead atoms. The minimum Gasteiger partial charge on any atom is -0.366 e. The zero-order valence-corrected chi connectivity index (χ0v) is 18.3. The summed E-state index contributed by atoms with van der Waals surface area (Å²) in [6.45, 7) is 0. The van der Waals surface area contributed by atoms with E-state index in [9.17, 15) is 9.18 Å². The van der Waals surface area contributed by atoms with E-state index in [2.05, 4.69) is 15.2 Å². The number of nitrogens with zero attached hydrogens (tertiary/aromatic N) is 6. The van der Waals surface area contributed by atoms with Gasteiger partial charge in [-0.05, 0) is 53.1 Å². The summed E-state index contributed by atoms with van der Waals surface area (Å²) < 4.78 is 17.0. The van der Waals surface area contributed by atoms with E-state index in [4.69, 9.17) is 5.73 Å². The number of anilines is 1. The van der Waals surface area contributed by atoms with Gasteiger partial charge < -0.3 is 10.3 Å². The summed E-state index contributed by atoms with van der Waals surface area (Å²) in [5.74, 6) is -0.300. The summed E-state index contributed by atoms with van der Waals surface area (Å²) in [7, 11) is 1.91. The molecule has 0 radical (unpaired) electrons. The third-order valence-corrected chi connectivity index (χ3v) is 6.20. The lowest BCUT2D eigenvalue weighted by atomic mass is 10.0. The lowest BCUT2D eigenvalue weighted by molar-refractivity contribution is 0.0713. The highest BCUT2D eigenvalue weighted by Gasteiger charge is 2.30. The summed E-state index contributed by atoms with van der Waals surface area (Å²) in [5.41, 5.74) is 10.6. The van der Waals surface area contributed by atoms with E-state index in [1.165, 1.54) is 17.1 Å². The van der Waals surface area contributed by atoms with Crippen molar-refractivity contribution in [3.63, 3.8) is 0 Å². The maximum absolute atomic E-state index is 13.6. The molecule has 168 valence electrons. The van der Waals surface area contributed by atoms with Crippen molar-refractivity contribution in [2.24, 2.45) is 12.1 Å². The van der Waals surface area contributed by atoms with Crippen LogP contribution < -0.4 is 5.73 Å². The second kappa shape index (κ2) is 7.51. The van der Waals surface area contributed by atoms with Crippen LogP contribution in [0.1, 0.15) is 28.4 Å². The summed E-state index contributed by atoms with van der Waals surface area (Å²) >= 11 is 0. The Morgan fingerprint density at radius 3 is 2.71 bits per heavy atom. The molecule has 2 N–H and O–H groups in total. The Morgan fingerprint density at radius 2 is 1.88 bits per heavy atom. The third kappa shape index (κ3) is 3.21. The number of pyridine rings is 1. The molecule has 0 spiro atoms. The van der Waals surface area contributed by atoms with E-state index >= 15 is 0 Å². The molecule has 0 unspecified atom stereocenters. The number of aryl methyl sites for hydroxylation is 1. The number of nitrogens with two attached hydrogens (primary N) is 1. The van der Waals surface area contributed by atoms with Crippen LogP contribution in [0.3, 0.4) is 0 Å². The minimum absolute atomic E-state index is 0.202. The SMILES string of the molecule is Cn1cc(C(=O)N2N=CC[C@H]2c2ccc(F)cc2)c2cc(-c3ccn4nc(N)nc4c3)ccc21. The molecule has 5 aromatic rings. The van der Waals surface area contributed by atoms with Crippen LogP contribution in [0.2, 0.25) is 0 Å². The molecular formula is C25H20FN7O. The van der Waals surface area contributed by atoms with Crippen molar-refractivity contribution < 1.29 is 9.18 Å². The van der Waals surface area contributed by atoms with E-state index in [1.54, 1.807) is 22.9 Å². The summed E-state index contributed by atoms with van der Waals surface area (Å²) in [6, 6.07) is 15.8. The molecule has 4 heterocycles. The fourth-order valence-corrected chi connectivity index (χ4v) is 4.52. The smallest absolute Gasteiger partial charge is 0.276 e. The predicted molar refractivity (Wildman–Crippen MR) is 128 cm³/mol. The Labute approximate surface area is 193 Å². The quantitative estimate of drug-likeness (QED) is 0.443. The normalized spacial score (nSPS) is 15.6. The average molecular weight is 453 g/mol. The summed E-state index contributed by atoms with van der Waals surface area (Å²) in [5, 5.41) is 10.8. The molecule has 0 aliphatic carbocycles. The number of hydrogen-bond acceptors (Lipinski definition) is 5. The standard InChI is InChI=1S/C25H20FN7O/c1-31-14-20(24(34)33-21(8-10-28-33)15-2-5-18(26)6-3-15)19-12-16(4-7-22(19)31)17-9-11-32-23(13-17)29-25(27)30-32/h2-7,9-14,21H,8H2,1H3,(H2,27,30)/t21-/m0/s1. The van der Waals surface area contributed by atoms with Crippen molar-refractivity contribution in [2.45, 2.75) is 12.5 Å².